The first-order chi connectivity index (χ1) is 10.7. The van der Waals surface area contributed by atoms with E-state index in [1.54, 1.807) is 29.2 Å². The van der Waals surface area contributed by atoms with Crippen molar-refractivity contribution < 1.29 is 9.59 Å². The minimum absolute atomic E-state index is 0.0489. The number of para-hydroxylation sites is 1. The van der Waals surface area contributed by atoms with Gasteiger partial charge in [0, 0.05) is 19.5 Å². The van der Waals surface area contributed by atoms with Gasteiger partial charge in [-0.3, -0.25) is 19.5 Å². The molecule has 2 aliphatic heterocycles. The van der Waals surface area contributed by atoms with Crippen molar-refractivity contribution in [1.29, 1.82) is 5.26 Å². The lowest BCUT2D eigenvalue weighted by atomic mass is 10.2. The molecule has 3 rings (SSSR count). The minimum atomic E-state index is -0.425. The first kappa shape index (κ1) is 14.6. The van der Waals surface area contributed by atoms with Crippen LogP contribution in [0.15, 0.2) is 29.3 Å². The number of anilines is 1. The smallest absolute Gasteiger partial charge is 0.242 e. The molecule has 0 radical (unpaired) electrons. The molecule has 1 N–H and O–H groups in total. The number of nitriles is 1. The average molecular weight is 314 g/mol. The summed E-state index contributed by atoms with van der Waals surface area (Å²) in [4.78, 5) is 30.4. The van der Waals surface area contributed by atoms with Gasteiger partial charge in [0.2, 0.25) is 11.8 Å². The molecule has 7 heteroatoms. The van der Waals surface area contributed by atoms with Crippen molar-refractivity contribution in [3.63, 3.8) is 0 Å². The number of benzene rings is 1. The monoisotopic (exact) mass is 314 g/mol. The Morgan fingerprint density at radius 1 is 1.50 bits per heavy atom. The highest BCUT2D eigenvalue weighted by molar-refractivity contribution is 8.15. The van der Waals surface area contributed by atoms with E-state index in [9.17, 15) is 9.59 Å². The average Bonchev–Trinajstić information content (AvgIpc) is 2.84. The van der Waals surface area contributed by atoms with Crippen LogP contribution in [0.1, 0.15) is 18.4 Å². The predicted octanol–water partition coefficient (Wildman–Crippen LogP) is 1.59. The zero-order chi connectivity index (χ0) is 15.5. The Morgan fingerprint density at radius 2 is 2.32 bits per heavy atom. The van der Waals surface area contributed by atoms with Crippen LogP contribution in [0.4, 0.5) is 5.69 Å². The highest BCUT2D eigenvalue weighted by Gasteiger charge is 2.39. The molecule has 1 saturated heterocycles. The minimum Gasteiger partial charge on any atom is -0.325 e. The third-order valence-electron chi connectivity index (χ3n) is 3.50. The molecule has 1 aromatic carbocycles. The second kappa shape index (κ2) is 6.20. The second-order valence-electron chi connectivity index (χ2n) is 5.02. The van der Waals surface area contributed by atoms with E-state index in [0.717, 1.165) is 18.1 Å². The van der Waals surface area contributed by atoms with Gasteiger partial charge in [-0.15, -0.1) is 0 Å². The highest BCUT2D eigenvalue weighted by atomic mass is 32.2. The van der Waals surface area contributed by atoms with Crippen LogP contribution in [-0.4, -0.2) is 40.2 Å². The first-order valence-corrected chi connectivity index (χ1v) is 7.88. The number of thioether (sulfide) groups is 1. The lowest BCUT2D eigenvalue weighted by molar-refractivity contribution is -0.128. The third kappa shape index (κ3) is 2.83. The topological polar surface area (TPSA) is 85.6 Å². The van der Waals surface area contributed by atoms with Gasteiger partial charge in [0.15, 0.2) is 5.17 Å². The maximum atomic E-state index is 12.2. The molecule has 2 aliphatic rings. The molecule has 2 amide bonds. The van der Waals surface area contributed by atoms with E-state index in [-0.39, 0.29) is 18.2 Å². The standard InChI is InChI=1S/C15H14N4O2S/c16-9-10-4-1-2-5-11(10)18-13(20)8-12-14(21)19-7-3-6-17-15(19)22-12/h1-2,4-5,12H,3,6-8H2,(H,18,20). The molecule has 1 atom stereocenters. The van der Waals surface area contributed by atoms with E-state index in [2.05, 4.69) is 10.3 Å². The van der Waals surface area contributed by atoms with Crippen molar-refractivity contribution in [3.8, 4) is 6.07 Å². The Balaban J connectivity index is 1.66. The van der Waals surface area contributed by atoms with Gasteiger partial charge in [-0.05, 0) is 18.6 Å². The summed E-state index contributed by atoms with van der Waals surface area (Å²) >= 11 is 1.35. The van der Waals surface area contributed by atoms with Crippen molar-refractivity contribution in [2.75, 3.05) is 18.4 Å². The summed E-state index contributed by atoms with van der Waals surface area (Å²) in [5, 5.41) is 12.0. The van der Waals surface area contributed by atoms with Gasteiger partial charge in [0.1, 0.15) is 11.3 Å². The number of aliphatic imine (C=N–C) groups is 1. The fourth-order valence-electron chi connectivity index (χ4n) is 2.43. The lowest BCUT2D eigenvalue weighted by Crippen LogP contribution is -2.36. The van der Waals surface area contributed by atoms with E-state index in [0.29, 0.717) is 17.8 Å². The number of hydrogen-bond acceptors (Lipinski definition) is 5. The molecular weight excluding hydrogens is 300 g/mol. The second-order valence-corrected chi connectivity index (χ2v) is 6.19. The van der Waals surface area contributed by atoms with Gasteiger partial charge < -0.3 is 5.32 Å². The van der Waals surface area contributed by atoms with E-state index < -0.39 is 5.25 Å². The van der Waals surface area contributed by atoms with Crippen LogP contribution in [0.5, 0.6) is 0 Å². The SMILES string of the molecule is N#Cc1ccccc1NC(=O)CC1SC2=NCCCN2C1=O. The molecule has 0 saturated carbocycles. The Kier molecular flexibility index (Phi) is 4.11. The van der Waals surface area contributed by atoms with E-state index >= 15 is 0 Å². The van der Waals surface area contributed by atoms with Crippen LogP contribution in [0, 0.1) is 11.3 Å². The number of carbonyl (C=O) groups is 2. The Morgan fingerprint density at radius 3 is 3.09 bits per heavy atom. The van der Waals surface area contributed by atoms with Crippen molar-refractivity contribution >= 4 is 34.4 Å². The fourth-order valence-corrected chi connectivity index (χ4v) is 3.62. The van der Waals surface area contributed by atoms with Gasteiger partial charge in [-0.2, -0.15) is 5.26 Å². The van der Waals surface area contributed by atoms with Crippen LogP contribution >= 0.6 is 11.8 Å². The van der Waals surface area contributed by atoms with Crippen LogP contribution < -0.4 is 5.32 Å². The molecule has 0 aromatic heterocycles. The summed E-state index contributed by atoms with van der Waals surface area (Å²) in [6.45, 7) is 1.42. The maximum absolute atomic E-state index is 12.2. The van der Waals surface area contributed by atoms with Crippen LogP contribution in [-0.2, 0) is 9.59 Å². The van der Waals surface area contributed by atoms with Gasteiger partial charge in [-0.1, -0.05) is 23.9 Å². The summed E-state index contributed by atoms with van der Waals surface area (Å²) < 4.78 is 0. The van der Waals surface area contributed by atoms with Gasteiger partial charge in [0.05, 0.1) is 11.3 Å². The number of carbonyl (C=O) groups excluding carboxylic acids is 2. The van der Waals surface area contributed by atoms with Crippen molar-refractivity contribution in [1.82, 2.24) is 4.90 Å². The number of amides is 2. The Labute approximate surface area is 132 Å². The Bertz CT molecular complexity index is 695. The number of fused-ring (bicyclic) bond motifs is 1. The summed E-state index contributed by atoms with van der Waals surface area (Å²) in [5.74, 6) is -0.318. The van der Waals surface area contributed by atoms with E-state index in [1.165, 1.54) is 11.8 Å². The molecule has 1 aromatic rings. The molecule has 1 unspecified atom stereocenters. The summed E-state index contributed by atoms with van der Waals surface area (Å²) in [6.07, 6.45) is 0.947. The molecule has 112 valence electrons. The summed E-state index contributed by atoms with van der Waals surface area (Å²) in [5.41, 5.74) is 0.878. The van der Waals surface area contributed by atoms with E-state index in [1.807, 2.05) is 6.07 Å². The first-order valence-electron chi connectivity index (χ1n) is 7.00. The quantitative estimate of drug-likeness (QED) is 0.918. The lowest BCUT2D eigenvalue weighted by Gasteiger charge is -2.19. The Hall–Kier alpha value is -2.33. The highest BCUT2D eigenvalue weighted by Crippen LogP contribution is 2.31. The summed E-state index contributed by atoms with van der Waals surface area (Å²) in [7, 11) is 0. The molecular formula is C15H14N4O2S. The number of hydrogen-bond donors (Lipinski definition) is 1. The zero-order valence-corrected chi connectivity index (χ0v) is 12.6. The number of nitrogens with one attached hydrogen (secondary N) is 1. The van der Waals surface area contributed by atoms with Crippen molar-refractivity contribution in [3.05, 3.63) is 29.8 Å². The van der Waals surface area contributed by atoms with Crippen LogP contribution in [0.25, 0.3) is 0 Å². The van der Waals surface area contributed by atoms with Crippen molar-refractivity contribution in [2.24, 2.45) is 4.99 Å². The molecule has 1 fully saturated rings. The number of amidine groups is 1. The van der Waals surface area contributed by atoms with Crippen LogP contribution in [0.3, 0.4) is 0 Å². The molecule has 0 bridgehead atoms. The van der Waals surface area contributed by atoms with Crippen molar-refractivity contribution in [2.45, 2.75) is 18.1 Å². The molecule has 0 spiro atoms. The normalized spacial score (nSPS) is 20.1. The summed E-state index contributed by atoms with van der Waals surface area (Å²) in [6, 6.07) is 8.83. The van der Waals surface area contributed by atoms with Gasteiger partial charge in [-0.25, -0.2) is 0 Å². The van der Waals surface area contributed by atoms with Gasteiger partial charge in [0.25, 0.3) is 0 Å². The molecule has 2 heterocycles. The third-order valence-corrected chi connectivity index (χ3v) is 4.71. The predicted molar refractivity (Wildman–Crippen MR) is 84.4 cm³/mol. The number of nitrogens with zero attached hydrogens (tertiary/aromatic N) is 3. The zero-order valence-electron chi connectivity index (χ0n) is 11.8. The largest absolute Gasteiger partial charge is 0.325 e. The fraction of sp³-hybridized carbons (Fsp3) is 0.333. The molecule has 0 aliphatic carbocycles. The van der Waals surface area contributed by atoms with Gasteiger partial charge >= 0.3 is 0 Å². The maximum Gasteiger partial charge on any atom is 0.242 e. The van der Waals surface area contributed by atoms with Crippen LogP contribution in [0.2, 0.25) is 0 Å². The molecule has 6 nitrogen and oxygen atoms in total. The van der Waals surface area contributed by atoms with E-state index in [4.69, 9.17) is 5.26 Å². The number of rotatable bonds is 3. The molecule has 22 heavy (non-hydrogen) atoms.